The van der Waals surface area contributed by atoms with Gasteiger partial charge in [0.2, 0.25) is 5.91 Å². The number of hydrogen-bond donors (Lipinski definition) is 1. The Morgan fingerprint density at radius 3 is 2.67 bits per heavy atom. The first-order valence-electron chi connectivity index (χ1n) is 9.90. The van der Waals surface area contributed by atoms with Crippen LogP contribution in [0.1, 0.15) is 50.3 Å². The van der Waals surface area contributed by atoms with Crippen LogP contribution in [0.2, 0.25) is 0 Å². The summed E-state index contributed by atoms with van der Waals surface area (Å²) in [5.74, 6) is 0.437. The monoisotopic (exact) mass is 368 g/mol. The number of halogens is 1. The molecular formula is C23H29FN2O. The SMILES string of the molecule is C[C@H]1CCCN(c2ccc([C@@H](C)NC(=O)CCc3ccccc3F)cc2)C1. The van der Waals surface area contributed by atoms with Crippen molar-refractivity contribution in [3.05, 3.63) is 65.5 Å². The van der Waals surface area contributed by atoms with Crippen molar-refractivity contribution < 1.29 is 9.18 Å². The Kier molecular flexibility index (Phi) is 6.49. The summed E-state index contributed by atoms with van der Waals surface area (Å²) in [7, 11) is 0. The molecule has 1 fully saturated rings. The second-order valence-corrected chi connectivity index (χ2v) is 7.67. The molecule has 0 aliphatic carbocycles. The van der Waals surface area contributed by atoms with Gasteiger partial charge in [0.25, 0.3) is 0 Å². The summed E-state index contributed by atoms with van der Waals surface area (Å²) in [4.78, 5) is 14.7. The van der Waals surface area contributed by atoms with Crippen LogP contribution in [0.25, 0.3) is 0 Å². The van der Waals surface area contributed by atoms with Gasteiger partial charge in [-0.15, -0.1) is 0 Å². The van der Waals surface area contributed by atoms with E-state index in [9.17, 15) is 9.18 Å². The molecule has 2 atom stereocenters. The van der Waals surface area contributed by atoms with Gasteiger partial charge in [0.15, 0.2) is 0 Å². The molecule has 2 aromatic rings. The molecule has 1 amide bonds. The van der Waals surface area contributed by atoms with E-state index in [0.717, 1.165) is 24.6 Å². The molecule has 0 radical (unpaired) electrons. The third-order valence-electron chi connectivity index (χ3n) is 5.37. The molecule has 1 aliphatic rings. The van der Waals surface area contributed by atoms with E-state index in [1.807, 2.05) is 6.92 Å². The van der Waals surface area contributed by atoms with Gasteiger partial charge in [0.1, 0.15) is 5.82 Å². The van der Waals surface area contributed by atoms with Crippen molar-refractivity contribution in [1.82, 2.24) is 5.32 Å². The second kappa shape index (κ2) is 9.03. The van der Waals surface area contributed by atoms with Gasteiger partial charge in [-0.25, -0.2) is 4.39 Å². The molecule has 0 unspecified atom stereocenters. The van der Waals surface area contributed by atoms with Crippen molar-refractivity contribution in [2.45, 2.75) is 45.6 Å². The van der Waals surface area contributed by atoms with Gasteiger partial charge in [-0.05, 0) is 61.4 Å². The Morgan fingerprint density at radius 2 is 1.96 bits per heavy atom. The van der Waals surface area contributed by atoms with Crippen LogP contribution in [0.4, 0.5) is 10.1 Å². The molecule has 4 heteroatoms. The van der Waals surface area contributed by atoms with Crippen molar-refractivity contribution in [2.75, 3.05) is 18.0 Å². The van der Waals surface area contributed by atoms with Crippen LogP contribution in [0.15, 0.2) is 48.5 Å². The molecule has 1 N–H and O–H groups in total. The van der Waals surface area contributed by atoms with E-state index in [0.29, 0.717) is 12.0 Å². The fourth-order valence-electron chi connectivity index (χ4n) is 3.74. The smallest absolute Gasteiger partial charge is 0.220 e. The van der Waals surface area contributed by atoms with Crippen molar-refractivity contribution in [3.8, 4) is 0 Å². The van der Waals surface area contributed by atoms with Crippen LogP contribution in [-0.4, -0.2) is 19.0 Å². The lowest BCUT2D eigenvalue weighted by Crippen LogP contribution is -2.34. The minimum atomic E-state index is -0.249. The summed E-state index contributed by atoms with van der Waals surface area (Å²) in [6.45, 7) is 6.52. The first-order chi connectivity index (χ1) is 13.0. The molecule has 144 valence electrons. The average Bonchev–Trinajstić information content (AvgIpc) is 2.67. The molecule has 0 bridgehead atoms. The van der Waals surface area contributed by atoms with E-state index in [4.69, 9.17) is 0 Å². The van der Waals surface area contributed by atoms with Crippen LogP contribution in [0.5, 0.6) is 0 Å². The normalized spacial score (nSPS) is 18.2. The predicted molar refractivity (Wildman–Crippen MR) is 108 cm³/mol. The molecule has 3 rings (SSSR count). The van der Waals surface area contributed by atoms with Crippen LogP contribution in [0, 0.1) is 11.7 Å². The quantitative estimate of drug-likeness (QED) is 0.789. The molecule has 0 spiro atoms. The molecule has 2 aromatic carbocycles. The molecule has 0 saturated carbocycles. The Hall–Kier alpha value is -2.36. The van der Waals surface area contributed by atoms with Crippen LogP contribution < -0.4 is 10.2 Å². The lowest BCUT2D eigenvalue weighted by Gasteiger charge is -2.33. The number of aryl methyl sites for hydroxylation is 1. The minimum Gasteiger partial charge on any atom is -0.371 e. The van der Waals surface area contributed by atoms with Gasteiger partial charge >= 0.3 is 0 Å². The third-order valence-corrected chi connectivity index (χ3v) is 5.37. The van der Waals surface area contributed by atoms with Gasteiger partial charge in [-0.1, -0.05) is 37.3 Å². The molecule has 3 nitrogen and oxygen atoms in total. The lowest BCUT2D eigenvalue weighted by molar-refractivity contribution is -0.121. The summed E-state index contributed by atoms with van der Waals surface area (Å²) in [5.41, 5.74) is 2.92. The number of carbonyl (C=O) groups is 1. The zero-order chi connectivity index (χ0) is 19.2. The van der Waals surface area contributed by atoms with Crippen LogP contribution in [0.3, 0.4) is 0 Å². The van der Waals surface area contributed by atoms with Crippen LogP contribution in [-0.2, 0) is 11.2 Å². The van der Waals surface area contributed by atoms with Gasteiger partial charge in [0, 0.05) is 25.2 Å². The van der Waals surface area contributed by atoms with E-state index >= 15 is 0 Å². The molecule has 27 heavy (non-hydrogen) atoms. The Labute approximate surface area is 161 Å². The number of rotatable bonds is 6. The van der Waals surface area contributed by atoms with Crippen molar-refractivity contribution in [1.29, 1.82) is 0 Å². The maximum absolute atomic E-state index is 13.6. The number of piperidine rings is 1. The maximum atomic E-state index is 13.6. The number of nitrogens with zero attached hydrogens (tertiary/aromatic N) is 1. The molecule has 1 saturated heterocycles. The fraction of sp³-hybridized carbons (Fsp3) is 0.435. The average molecular weight is 368 g/mol. The summed E-state index contributed by atoms with van der Waals surface area (Å²) in [5, 5.41) is 3.02. The largest absolute Gasteiger partial charge is 0.371 e. The van der Waals surface area contributed by atoms with Gasteiger partial charge in [-0.3, -0.25) is 4.79 Å². The zero-order valence-electron chi connectivity index (χ0n) is 16.2. The van der Waals surface area contributed by atoms with Gasteiger partial charge < -0.3 is 10.2 Å². The number of benzene rings is 2. The fourth-order valence-corrected chi connectivity index (χ4v) is 3.74. The number of carbonyl (C=O) groups excluding carboxylic acids is 1. The number of nitrogens with one attached hydrogen (secondary N) is 1. The highest BCUT2D eigenvalue weighted by molar-refractivity contribution is 5.76. The second-order valence-electron chi connectivity index (χ2n) is 7.67. The molecule has 1 heterocycles. The number of amides is 1. The molecule has 1 aliphatic heterocycles. The number of anilines is 1. The van der Waals surface area contributed by atoms with E-state index in [2.05, 4.69) is 41.4 Å². The molecule has 0 aromatic heterocycles. The number of hydrogen-bond acceptors (Lipinski definition) is 2. The Balaban J connectivity index is 1.52. The van der Waals surface area contributed by atoms with Crippen molar-refractivity contribution >= 4 is 11.6 Å². The highest BCUT2D eigenvalue weighted by Crippen LogP contribution is 2.24. The Morgan fingerprint density at radius 1 is 1.22 bits per heavy atom. The van der Waals surface area contributed by atoms with Gasteiger partial charge in [-0.2, -0.15) is 0 Å². The Bertz CT molecular complexity index is 759. The summed E-state index contributed by atoms with van der Waals surface area (Å²) < 4.78 is 13.6. The first kappa shape index (κ1) is 19.4. The first-order valence-corrected chi connectivity index (χ1v) is 9.90. The topological polar surface area (TPSA) is 32.3 Å². The van der Waals surface area contributed by atoms with Crippen LogP contribution >= 0.6 is 0 Å². The highest BCUT2D eigenvalue weighted by Gasteiger charge is 2.17. The summed E-state index contributed by atoms with van der Waals surface area (Å²) in [6.07, 6.45) is 3.26. The van der Waals surface area contributed by atoms with E-state index in [1.165, 1.54) is 24.6 Å². The van der Waals surface area contributed by atoms with E-state index in [-0.39, 0.29) is 24.2 Å². The zero-order valence-corrected chi connectivity index (χ0v) is 16.2. The summed E-state index contributed by atoms with van der Waals surface area (Å²) >= 11 is 0. The predicted octanol–water partition coefficient (Wildman–Crippen LogP) is 4.87. The molecular weight excluding hydrogens is 339 g/mol. The van der Waals surface area contributed by atoms with Crippen molar-refractivity contribution in [3.63, 3.8) is 0 Å². The van der Waals surface area contributed by atoms with E-state index < -0.39 is 0 Å². The lowest BCUT2D eigenvalue weighted by atomic mass is 9.99. The van der Waals surface area contributed by atoms with E-state index in [1.54, 1.807) is 18.2 Å². The minimum absolute atomic E-state index is 0.0558. The van der Waals surface area contributed by atoms with Gasteiger partial charge in [0.05, 0.1) is 6.04 Å². The standard InChI is InChI=1S/C23H29FN2O/c1-17-6-5-15-26(16-17)21-12-9-19(10-13-21)18(2)25-23(27)14-11-20-7-3-4-8-22(20)24/h3-4,7-10,12-13,17-18H,5-6,11,14-16H2,1-2H3,(H,25,27)/t17-,18+/m0/s1. The summed E-state index contributed by atoms with van der Waals surface area (Å²) in [6, 6.07) is 15.0. The maximum Gasteiger partial charge on any atom is 0.220 e. The highest BCUT2D eigenvalue weighted by atomic mass is 19.1. The third kappa shape index (κ3) is 5.31. The van der Waals surface area contributed by atoms with Crippen molar-refractivity contribution in [2.24, 2.45) is 5.92 Å².